The van der Waals surface area contributed by atoms with Crippen LogP contribution in [0.25, 0.3) is 5.57 Å². The van der Waals surface area contributed by atoms with Gasteiger partial charge in [0.1, 0.15) is 5.75 Å². The van der Waals surface area contributed by atoms with Gasteiger partial charge in [0.05, 0.1) is 0 Å². The van der Waals surface area contributed by atoms with E-state index in [9.17, 15) is 4.79 Å². The van der Waals surface area contributed by atoms with Crippen molar-refractivity contribution in [3.63, 3.8) is 0 Å². The van der Waals surface area contributed by atoms with Gasteiger partial charge in [-0.15, -0.1) is 6.42 Å². The summed E-state index contributed by atoms with van der Waals surface area (Å²) in [5.41, 5.74) is 5.10. The minimum absolute atomic E-state index is 0.0513. The molecular formula is C24H24O3. The molecule has 138 valence electrons. The number of carbonyl (C=O) groups is 1. The Morgan fingerprint density at radius 3 is 2.59 bits per heavy atom. The van der Waals surface area contributed by atoms with E-state index < -0.39 is 0 Å². The molecule has 0 aromatic heterocycles. The van der Waals surface area contributed by atoms with Crippen LogP contribution in [-0.2, 0) is 10.2 Å². The number of hydrogen-bond donors (Lipinski definition) is 0. The quantitative estimate of drug-likeness (QED) is 0.239. The maximum atomic E-state index is 11.9. The number of ketones is 1. The fourth-order valence-corrected chi connectivity index (χ4v) is 3.34. The van der Waals surface area contributed by atoms with Gasteiger partial charge in [-0.05, 0) is 71.2 Å². The van der Waals surface area contributed by atoms with E-state index in [0.717, 1.165) is 28.9 Å². The topological polar surface area (TPSA) is 35.5 Å². The standard InChI is InChI=1S/C24H24O3/c1-5-23(25)18-9-12-21-20(13-14-24(3,4)22(21)15-18)17-7-10-19(11-8-17)27-16-26-6-2/h1,7-13,15H,6,14,16H2,2-4H3. The second-order valence-electron chi connectivity index (χ2n) is 7.22. The molecule has 3 nitrogen and oxygen atoms in total. The lowest BCUT2D eigenvalue weighted by molar-refractivity contribution is 0.0224. The molecule has 0 heterocycles. The van der Waals surface area contributed by atoms with Gasteiger partial charge in [0, 0.05) is 12.2 Å². The second kappa shape index (κ2) is 7.82. The Balaban J connectivity index is 1.94. The lowest BCUT2D eigenvalue weighted by Crippen LogP contribution is -2.22. The van der Waals surface area contributed by atoms with Gasteiger partial charge >= 0.3 is 0 Å². The maximum Gasteiger partial charge on any atom is 0.235 e. The minimum atomic E-state index is -0.277. The summed E-state index contributed by atoms with van der Waals surface area (Å²) in [5.74, 6) is 2.71. The molecule has 2 aromatic carbocycles. The van der Waals surface area contributed by atoms with Gasteiger partial charge in [0.2, 0.25) is 5.78 Å². The van der Waals surface area contributed by atoms with Crippen LogP contribution in [0.5, 0.6) is 5.75 Å². The summed E-state index contributed by atoms with van der Waals surface area (Å²) in [5, 5.41) is 0. The largest absolute Gasteiger partial charge is 0.468 e. The number of rotatable bonds is 6. The Morgan fingerprint density at radius 2 is 1.93 bits per heavy atom. The van der Waals surface area contributed by atoms with E-state index in [2.05, 4.69) is 38.0 Å². The zero-order chi connectivity index (χ0) is 19.4. The third-order valence-corrected chi connectivity index (χ3v) is 4.93. The van der Waals surface area contributed by atoms with E-state index in [0.29, 0.717) is 12.2 Å². The zero-order valence-electron chi connectivity index (χ0n) is 16.0. The fourth-order valence-electron chi connectivity index (χ4n) is 3.34. The highest BCUT2D eigenvalue weighted by atomic mass is 16.7. The molecule has 1 aliphatic carbocycles. The Bertz CT molecular complexity index is 912. The molecule has 0 saturated carbocycles. The van der Waals surface area contributed by atoms with Crippen molar-refractivity contribution in [2.24, 2.45) is 0 Å². The summed E-state index contributed by atoms with van der Waals surface area (Å²) >= 11 is 0. The van der Waals surface area contributed by atoms with Gasteiger partial charge in [0.15, 0.2) is 6.79 Å². The van der Waals surface area contributed by atoms with Crippen molar-refractivity contribution < 1.29 is 14.3 Å². The van der Waals surface area contributed by atoms with Gasteiger partial charge < -0.3 is 9.47 Å². The van der Waals surface area contributed by atoms with Crippen molar-refractivity contribution in [1.29, 1.82) is 0 Å². The molecule has 0 radical (unpaired) electrons. The van der Waals surface area contributed by atoms with Crippen molar-refractivity contribution in [2.45, 2.75) is 32.6 Å². The van der Waals surface area contributed by atoms with Gasteiger partial charge in [-0.2, -0.15) is 0 Å². The molecule has 0 N–H and O–H groups in total. The van der Waals surface area contributed by atoms with E-state index in [1.807, 2.05) is 37.3 Å². The van der Waals surface area contributed by atoms with Crippen LogP contribution in [0.3, 0.4) is 0 Å². The molecule has 3 rings (SSSR count). The minimum Gasteiger partial charge on any atom is -0.468 e. The van der Waals surface area contributed by atoms with Crippen molar-refractivity contribution in [1.82, 2.24) is 0 Å². The number of hydrogen-bond acceptors (Lipinski definition) is 3. The zero-order valence-corrected chi connectivity index (χ0v) is 16.0. The van der Waals surface area contributed by atoms with Gasteiger partial charge in [-0.25, -0.2) is 0 Å². The molecule has 3 heteroatoms. The summed E-state index contributed by atoms with van der Waals surface area (Å²) in [4.78, 5) is 11.9. The molecule has 0 aliphatic heterocycles. The highest BCUT2D eigenvalue weighted by Crippen LogP contribution is 2.42. The number of fused-ring (bicyclic) bond motifs is 1. The first kappa shape index (κ1) is 18.9. The fraction of sp³-hybridized carbons (Fsp3) is 0.292. The molecule has 0 fully saturated rings. The van der Waals surface area contributed by atoms with Crippen LogP contribution < -0.4 is 4.74 Å². The molecule has 0 saturated heterocycles. The monoisotopic (exact) mass is 360 g/mol. The number of allylic oxidation sites excluding steroid dienone is 1. The van der Waals surface area contributed by atoms with Gasteiger partial charge in [-0.3, -0.25) is 4.79 Å². The number of terminal acetylenes is 1. The van der Waals surface area contributed by atoms with E-state index in [1.165, 1.54) is 5.57 Å². The molecule has 27 heavy (non-hydrogen) atoms. The summed E-state index contributed by atoms with van der Waals surface area (Å²) in [6, 6.07) is 13.8. The highest BCUT2D eigenvalue weighted by molar-refractivity contribution is 6.09. The molecule has 0 atom stereocenters. The molecule has 0 spiro atoms. The number of ether oxygens (including phenoxy) is 2. The van der Waals surface area contributed by atoms with Crippen LogP contribution in [0.15, 0.2) is 48.5 Å². The third kappa shape index (κ3) is 3.97. The smallest absolute Gasteiger partial charge is 0.235 e. The highest BCUT2D eigenvalue weighted by Gasteiger charge is 2.29. The molecule has 1 aliphatic rings. The Morgan fingerprint density at radius 1 is 1.19 bits per heavy atom. The average molecular weight is 360 g/mol. The van der Waals surface area contributed by atoms with Crippen molar-refractivity contribution in [2.75, 3.05) is 13.4 Å². The van der Waals surface area contributed by atoms with Crippen LogP contribution in [0.4, 0.5) is 0 Å². The molecule has 0 unspecified atom stereocenters. The Labute approximate surface area is 161 Å². The molecule has 0 bridgehead atoms. The predicted octanol–water partition coefficient (Wildman–Crippen LogP) is 4.99. The lowest BCUT2D eigenvalue weighted by Gasteiger charge is -2.32. The van der Waals surface area contributed by atoms with Crippen molar-refractivity contribution >= 4 is 11.4 Å². The van der Waals surface area contributed by atoms with E-state index in [1.54, 1.807) is 0 Å². The number of benzene rings is 2. The third-order valence-electron chi connectivity index (χ3n) is 4.93. The van der Waals surface area contributed by atoms with E-state index in [4.69, 9.17) is 15.9 Å². The van der Waals surface area contributed by atoms with Crippen LogP contribution in [-0.4, -0.2) is 19.2 Å². The summed E-state index contributed by atoms with van der Waals surface area (Å²) in [6.07, 6.45) is 8.45. The molecule has 2 aromatic rings. The van der Waals surface area contributed by atoms with Crippen LogP contribution in [0.2, 0.25) is 0 Å². The van der Waals surface area contributed by atoms with Gasteiger partial charge in [-0.1, -0.05) is 38.1 Å². The van der Waals surface area contributed by atoms with E-state index >= 15 is 0 Å². The van der Waals surface area contributed by atoms with Crippen LogP contribution in [0.1, 0.15) is 54.2 Å². The van der Waals surface area contributed by atoms with Crippen LogP contribution >= 0.6 is 0 Å². The normalized spacial score (nSPS) is 14.7. The van der Waals surface area contributed by atoms with Gasteiger partial charge in [0.25, 0.3) is 0 Å². The average Bonchev–Trinajstić information content (AvgIpc) is 2.68. The number of Topliss-reactive ketones (excluding diaryl/α,β-unsaturated/α-hetero) is 1. The molecular weight excluding hydrogens is 336 g/mol. The summed E-state index contributed by atoms with van der Waals surface area (Å²) in [6.45, 7) is 7.19. The SMILES string of the molecule is C#CC(=O)c1ccc2c(c1)C(C)(C)CC=C2c1ccc(OCOCC)cc1. The first-order chi connectivity index (χ1) is 13.0. The van der Waals surface area contributed by atoms with Crippen molar-refractivity contribution in [3.05, 3.63) is 70.8 Å². The first-order valence-corrected chi connectivity index (χ1v) is 9.13. The first-order valence-electron chi connectivity index (χ1n) is 9.13. The summed E-state index contributed by atoms with van der Waals surface area (Å²) < 4.78 is 10.8. The summed E-state index contributed by atoms with van der Waals surface area (Å²) in [7, 11) is 0. The molecule has 0 amide bonds. The van der Waals surface area contributed by atoms with Crippen molar-refractivity contribution in [3.8, 4) is 18.1 Å². The predicted molar refractivity (Wildman–Crippen MR) is 108 cm³/mol. The van der Waals surface area contributed by atoms with Crippen LogP contribution in [0, 0.1) is 12.3 Å². The Kier molecular flexibility index (Phi) is 5.48. The maximum absolute atomic E-state index is 11.9. The van der Waals surface area contributed by atoms with E-state index in [-0.39, 0.29) is 18.0 Å². The number of carbonyl (C=O) groups excluding carboxylic acids is 1. The second-order valence-corrected chi connectivity index (χ2v) is 7.22. The Hall–Kier alpha value is -2.83. The lowest BCUT2D eigenvalue weighted by atomic mass is 9.71.